The van der Waals surface area contributed by atoms with E-state index in [1.807, 2.05) is 0 Å². The molecule has 0 amide bonds. The standard InChI is InChI=1S/C17H28O3/c1-2-13-3-4-16(18)15(11-13)14-5-8-20-17(12-14)6-9-19-10-7-17/h13-15H,2-12H2,1H3. The number of ketones is 1. The van der Waals surface area contributed by atoms with Gasteiger partial charge in [-0.05, 0) is 50.4 Å². The summed E-state index contributed by atoms with van der Waals surface area (Å²) in [6, 6.07) is 0. The minimum atomic E-state index is 0.0284. The zero-order chi connectivity index (χ0) is 14.0. The topological polar surface area (TPSA) is 35.5 Å². The third-order valence-electron chi connectivity index (χ3n) is 5.88. The summed E-state index contributed by atoms with van der Waals surface area (Å²) in [4.78, 5) is 12.4. The van der Waals surface area contributed by atoms with Crippen LogP contribution in [0.3, 0.4) is 0 Å². The molecule has 0 aromatic rings. The van der Waals surface area contributed by atoms with E-state index >= 15 is 0 Å². The van der Waals surface area contributed by atoms with Crippen LogP contribution in [0.5, 0.6) is 0 Å². The Kier molecular flexibility index (Phi) is 4.46. The molecule has 3 nitrogen and oxygen atoms in total. The predicted molar refractivity (Wildman–Crippen MR) is 77.6 cm³/mol. The molecule has 3 unspecified atom stereocenters. The van der Waals surface area contributed by atoms with Gasteiger partial charge in [0, 0.05) is 32.2 Å². The minimum absolute atomic E-state index is 0.0284. The van der Waals surface area contributed by atoms with Crippen molar-refractivity contribution in [2.75, 3.05) is 19.8 Å². The quantitative estimate of drug-likeness (QED) is 0.778. The SMILES string of the molecule is CCC1CCC(=O)C(C2CCOC3(CCOCC3)C2)C1. The lowest BCUT2D eigenvalue weighted by Crippen LogP contribution is -2.47. The summed E-state index contributed by atoms with van der Waals surface area (Å²) in [5, 5.41) is 0. The maximum Gasteiger partial charge on any atom is 0.136 e. The second-order valence-corrected chi connectivity index (χ2v) is 7.02. The van der Waals surface area contributed by atoms with E-state index in [0.29, 0.717) is 17.6 Å². The molecule has 3 heteroatoms. The van der Waals surface area contributed by atoms with Crippen molar-refractivity contribution < 1.29 is 14.3 Å². The molecule has 0 radical (unpaired) electrons. The first-order chi connectivity index (χ1) is 9.72. The van der Waals surface area contributed by atoms with Gasteiger partial charge in [0.2, 0.25) is 0 Å². The Morgan fingerprint density at radius 1 is 1.20 bits per heavy atom. The predicted octanol–water partition coefficient (Wildman–Crippen LogP) is 3.36. The van der Waals surface area contributed by atoms with E-state index in [9.17, 15) is 4.79 Å². The molecule has 3 rings (SSSR count). The molecular weight excluding hydrogens is 252 g/mol. The van der Waals surface area contributed by atoms with Gasteiger partial charge >= 0.3 is 0 Å². The third-order valence-corrected chi connectivity index (χ3v) is 5.88. The number of hydrogen-bond acceptors (Lipinski definition) is 3. The van der Waals surface area contributed by atoms with Crippen LogP contribution in [0.1, 0.15) is 58.3 Å². The number of ether oxygens (including phenoxy) is 2. The van der Waals surface area contributed by atoms with Gasteiger partial charge in [-0.1, -0.05) is 13.3 Å². The fraction of sp³-hybridized carbons (Fsp3) is 0.941. The van der Waals surface area contributed by atoms with E-state index in [1.165, 1.54) is 6.42 Å². The molecule has 2 aliphatic heterocycles. The van der Waals surface area contributed by atoms with Crippen molar-refractivity contribution in [2.24, 2.45) is 17.8 Å². The maximum atomic E-state index is 12.4. The summed E-state index contributed by atoms with van der Waals surface area (Å²) in [6.07, 6.45) is 8.49. The van der Waals surface area contributed by atoms with E-state index < -0.39 is 0 Å². The molecule has 1 aliphatic carbocycles. The highest BCUT2D eigenvalue weighted by atomic mass is 16.5. The van der Waals surface area contributed by atoms with Gasteiger partial charge in [0.15, 0.2) is 0 Å². The Labute approximate surface area is 122 Å². The van der Waals surface area contributed by atoms with Gasteiger partial charge in [0.1, 0.15) is 5.78 Å². The number of rotatable bonds is 2. The van der Waals surface area contributed by atoms with E-state index in [0.717, 1.165) is 70.7 Å². The molecule has 2 heterocycles. The Morgan fingerprint density at radius 3 is 2.75 bits per heavy atom. The van der Waals surface area contributed by atoms with Crippen molar-refractivity contribution in [1.82, 2.24) is 0 Å². The van der Waals surface area contributed by atoms with E-state index in [4.69, 9.17) is 9.47 Å². The average Bonchev–Trinajstić information content (AvgIpc) is 2.48. The van der Waals surface area contributed by atoms with Gasteiger partial charge < -0.3 is 9.47 Å². The molecule has 20 heavy (non-hydrogen) atoms. The van der Waals surface area contributed by atoms with Gasteiger partial charge in [0.05, 0.1) is 5.60 Å². The molecule has 1 saturated carbocycles. The number of carbonyl (C=O) groups excluding carboxylic acids is 1. The maximum absolute atomic E-state index is 12.4. The van der Waals surface area contributed by atoms with E-state index in [-0.39, 0.29) is 5.60 Å². The summed E-state index contributed by atoms with van der Waals surface area (Å²) >= 11 is 0. The number of Topliss-reactive ketones (excluding diaryl/α,β-unsaturated/α-hetero) is 1. The van der Waals surface area contributed by atoms with Crippen molar-refractivity contribution in [2.45, 2.75) is 63.9 Å². The Balaban J connectivity index is 1.67. The van der Waals surface area contributed by atoms with Gasteiger partial charge in [-0.25, -0.2) is 0 Å². The van der Waals surface area contributed by atoms with Crippen molar-refractivity contribution in [3.63, 3.8) is 0 Å². The van der Waals surface area contributed by atoms with Gasteiger partial charge in [-0.2, -0.15) is 0 Å². The number of hydrogen-bond donors (Lipinski definition) is 0. The third kappa shape index (κ3) is 2.94. The lowest BCUT2D eigenvalue weighted by molar-refractivity contribution is -0.158. The van der Waals surface area contributed by atoms with Gasteiger partial charge in [-0.15, -0.1) is 0 Å². The van der Waals surface area contributed by atoms with Crippen LogP contribution in [-0.2, 0) is 14.3 Å². The Bertz CT molecular complexity index is 341. The fourth-order valence-corrected chi connectivity index (χ4v) is 4.47. The summed E-state index contributed by atoms with van der Waals surface area (Å²) in [6.45, 7) is 4.75. The van der Waals surface area contributed by atoms with Gasteiger partial charge in [-0.3, -0.25) is 4.79 Å². The van der Waals surface area contributed by atoms with Crippen molar-refractivity contribution in [3.05, 3.63) is 0 Å². The van der Waals surface area contributed by atoms with Crippen LogP contribution >= 0.6 is 0 Å². The van der Waals surface area contributed by atoms with Crippen LogP contribution in [0.25, 0.3) is 0 Å². The lowest BCUT2D eigenvalue weighted by Gasteiger charge is -2.46. The Morgan fingerprint density at radius 2 is 2.00 bits per heavy atom. The van der Waals surface area contributed by atoms with Crippen molar-refractivity contribution in [3.8, 4) is 0 Å². The molecule has 3 aliphatic rings. The molecular formula is C17H28O3. The Hall–Kier alpha value is -0.410. The first kappa shape index (κ1) is 14.5. The first-order valence-electron chi connectivity index (χ1n) is 8.47. The summed E-state index contributed by atoms with van der Waals surface area (Å²) in [5.74, 6) is 2.18. The normalized spacial score (nSPS) is 38.0. The molecule has 0 bridgehead atoms. The summed E-state index contributed by atoms with van der Waals surface area (Å²) in [7, 11) is 0. The smallest absolute Gasteiger partial charge is 0.136 e. The van der Waals surface area contributed by atoms with Crippen LogP contribution in [0.2, 0.25) is 0 Å². The molecule has 3 fully saturated rings. The van der Waals surface area contributed by atoms with Crippen molar-refractivity contribution >= 4 is 5.78 Å². The summed E-state index contributed by atoms with van der Waals surface area (Å²) in [5.41, 5.74) is 0.0284. The second-order valence-electron chi connectivity index (χ2n) is 7.02. The molecule has 1 spiro atoms. The lowest BCUT2D eigenvalue weighted by atomic mass is 9.68. The van der Waals surface area contributed by atoms with Crippen LogP contribution in [0.15, 0.2) is 0 Å². The van der Waals surface area contributed by atoms with Crippen molar-refractivity contribution in [1.29, 1.82) is 0 Å². The minimum Gasteiger partial charge on any atom is -0.381 e. The summed E-state index contributed by atoms with van der Waals surface area (Å²) < 4.78 is 11.6. The fourth-order valence-electron chi connectivity index (χ4n) is 4.47. The van der Waals surface area contributed by atoms with Crippen LogP contribution < -0.4 is 0 Å². The zero-order valence-corrected chi connectivity index (χ0v) is 12.7. The highest BCUT2D eigenvalue weighted by Crippen LogP contribution is 2.44. The van der Waals surface area contributed by atoms with E-state index in [2.05, 4.69) is 6.92 Å². The molecule has 0 N–H and O–H groups in total. The highest BCUT2D eigenvalue weighted by Gasteiger charge is 2.43. The molecule has 2 saturated heterocycles. The first-order valence-corrected chi connectivity index (χ1v) is 8.47. The van der Waals surface area contributed by atoms with Crippen LogP contribution in [-0.4, -0.2) is 31.2 Å². The highest BCUT2D eigenvalue weighted by molar-refractivity contribution is 5.82. The average molecular weight is 280 g/mol. The van der Waals surface area contributed by atoms with Crippen LogP contribution in [0, 0.1) is 17.8 Å². The molecule has 0 aromatic carbocycles. The second kappa shape index (κ2) is 6.15. The van der Waals surface area contributed by atoms with E-state index in [1.54, 1.807) is 0 Å². The molecule has 3 atom stereocenters. The monoisotopic (exact) mass is 280 g/mol. The largest absolute Gasteiger partial charge is 0.381 e. The van der Waals surface area contributed by atoms with Gasteiger partial charge in [0.25, 0.3) is 0 Å². The number of carbonyl (C=O) groups is 1. The molecule has 0 aromatic heterocycles. The zero-order valence-electron chi connectivity index (χ0n) is 12.7. The molecule has 114 valence electrons. The van der Waals surface area contributed by atoms with Crippen LogP contribution in [0.4, 0.5) is 0 Å².